The van der Waals surface area contributed by atoms with Crippen LogP contribution < -0.4 is 10.2 Å². The number of carbonyl (C=O) groups excluding carboxylic acids is 2. The number of hydrogen-bond acceptors (Lipinski definition) is 6. The van der Waals surface area contributed by atoms with Crippen LogP contribution in [-0.4, -0.2) is 31.9 Å². The molecule has 0 bridgehead atoms. The van der Waals surface area contributed by atoms with Gasteiger partial charge in [-0.3, -0.25) is 19.5 Å². The minimum Gasteiger partial charge on any atom is -0.349 e. The average Bonchev–Trinajstić information content (AvgIpc) is 3.19. The number of pyridine rings is 1. The van der Waals surface area contributed by atoms with Crippen LogP contribution >= 0.6 is 11.5 Å². The molecule has 0 saturated carbocycles. The van der Waals surface area contributed by atoms with Crippen LogP contribution in [0.5, 0.6) is 0 Å². The fourth-order valence-corrected chi connectivity index (χ4v) is 3.22. The van der Waals surface area contributed by atoms with Crippen molar-refractivity contribution in [2.24, 2.45) is 0 Å². The number of anilines is 1. The van der Waals surface area contributed by atoms with Crippen LogP contribution in [0.15, 0.2) is 54.2 Å². The number of carbonyl (C=O) groups is 2. The largest absolute Gasteiger partial charge is 0.349 e. The van der Waals surface area contributed by atoms with Crippen LogP contribution in [-0.2, 0) is 4.79 Å². The van der Waals surface area contributed by atoms with Crippen LogP contribution in [0.25, 0.3) is 0 Å². The summed E-state index contributed by atoms with van der Waals surface area (Å²) in [7, 11) is 0. The Morgan fingerprint density at radius 3 is 2.48 bits per heavy atom. The van der Waals surface area contributed by atoms with Gasteiger partial charge in [-0.1, -0.05) is 10.6 Å². The molecule has 2 aromatic heterocycles. The maximum Gasteiger partial charge on any atom is 0.280 e. The molecule has 1 aromatic carbocycles. The van der Waals surface area contributed by atoms with Crippen molar-refractivity contribution < 1.29 is 14.0 Å². The van der Waals surface area contributed by atoms with Crippen LogP contribution in [0, 0.1) is 5.82 Å². The van der Waals surface area contributed by atoms with Crippen molar-refractivity contribution in [2.45, 2.75) is 32.4 Å². The van der Waals surface area contributed by atoms with Crippen molar-refractivity contribution in [1.82, 2.24) is 19.9 Å². The number of amides is 2. The molecule has 7 nitrogen and oxygen atoms in total. The molecule has 2 heterocycles. The predicted molar refractivity (Wildman–Crippen MR) is 108 cm³/mol. The van der Waals surface area contributed by atoms with E-state index in [1.165, 1.54) is 40.9 Å². The number of nitrogens with zero attached hydrogens (tertiary/aromatic N) is 4. The Morgan fingerprint density at radius 2 is 1.90 bits per heavy atom. The average molecular weight is 413 g/mol. The predicted octanol–water partition coefficient (Wildman–Crippen LogP) is 3.38. The molecule has 0 aliphatic rings. The molecule has 0 aliphatic heterocycles. The van der Waals surface area contributed by atoms with E-state index in [1.807, 2.05) is 20.8 Å². The zero-order valence-corrected chi connectivity index (χ0v) is 17.0. The smallest absolute Gasteiger partial charge is 0.280 e. The number of benzene rings is 1. The van der Waals surface area contributed by atoms with Crippen molar-refractivity contribution >= 4 is 29.0 Å². The minimum atomic E-state index is -1.06. The van der Waals surface area contributed by atoms with Crippen LogP contribution in [0.1, 0.15) is 42.9 Å². The van der Waals surface area contributed by atoms with Crippen molar-refractivity contribution in [3.63, 3.8) is 0 Å². The highest BCUT2D eigenvalue weighted by Crippen LogP contribution is 2.30. The summed E-state index contributed by atoms with van der Waals surface area (Å²) in [6, 6.07) is 7.75. The van der Waals surface area contributed by atoms with Gasteiger partial charge in [0.1, 0.15) is 11.9 Å². The molecule has 3 rings (SSSR count). The van der Waals surface area contributed by atoms with Gasteiger partial charge >= 0.3 is 0 Å². The second-order valence-corrected chi connectivity index (χ2v) is 7.98. The summed E-state index contributed by atoms with van der Waals surface area (Å²) < 4.78 is 17.7. The second-order valence-electron chi connectivity index (χ2n) is 7.37. The first kappa shape index (κ1) is 20.5. The maximum absolute atomic E-state index is 14.0. The molecule has 3 aromatic rings. The zero-order chi connectivity index (χ0) is 21.0. The van der Waals surface area contributed by atoms with Gasteiger partial charge in [-0.05, 0) is 68.2 Å². The number of nitrogens with one attached hydrogen (secondary N) is 1. The fourth-order valence-electron chi connectivity index (χ4n) is 2.79. The van der Waals surface area contributed by atoms with E-state index in [1.54, 1.807) is 18.2 Å². The SMILES string of the molecule is CC(C)(C)NC(=O)C(c1ccncc1)N(C(=O)c1csnn1)c1cccc(F)c1. The van der Waals surface area contributed by atoms with E-state index in [4.69, 9.17) is 0 Å². The molecule has 0 spiro atoms. The number of hydrogen-bond donors (Lipinski definition) is 1. The lowest BCUT2D eigenvalue weighted by Crippen LogP contribution is -2.49. The molecule has 150 valence electrons. The second kappa shape index (κ2) is 8.44. The zero-order valence-electron chi connectivity index (χ0n) is 16.2. The summed E-state index contributed by atoms with van der Waals surface area (Å²) in [6.45, 7) is 5.52. The van der Waals surface area contributed by atoms with Crippen molar-refractivity contribution in [1.29, 1.82) is 0 Å². The first-order valence-electron chi connectivity index (χ1n) is 8.84. The van der Waals surface area contributed by atoms with Gasteiger partial charge in [0.05, 0.1) is 0 Å². The van der Waals surface area contributed by atoms with E-state index >= 15 is 0 Å². The molecule has 1 unspecified atom stereocenters. The van der Waals surface area contributed by atoms with Gasteiger partial charge < -0.3 is 5.32 Å². The molecule has 0 aliphatic carbocycles. The Bertz CT molecular complexity index is 990. The third-order valence-corrected chi connectivity index (χ3v) is 4.42. The standard InChI is InChI=1S/C20H20FN5O2S/c1-20(2,3)23-18(27)17(13-7-9-22-10-8-13)26(15-6-4-5-14(21)11-15)19(28)16-12-29-25-24-16/h4-12,17H,1-3H3,(H,23,27). The lowest BCUT2D eigenvalue weighted by molar-refractivity contribution is -0.123. The highest BCUT2D eigenvalue weighted by molar-refractivity contribution is 7.03. The Kier molecular flexibility index (Phi) is 5.97. The summed E-state index contributed by atoms with van der Waals surface area (Å²) in [5.41, 5.74) is 0.291. The van der Waals surface area contributed by atoms with Crippen molar-refractivity contribution in [3.05, 3.63) is 71.2 Å². The summed E-state index contributed by atoms with van der Waals surface area (Å²) in [5, 5.41) is 8.22. The highest BCUT2D eigenvalue weighted by atomic mass is 32.1. The molecule has 9 heteroatoms. The Labute approximate surface area is 171 Å². The molecular formula is C20H20FN5O2S. The van der Waals surface area contributed by atoms with Gasteiger partial charge in [0.15, 0.2) is 5.69 Å². The molecule has 1 N–H and O–H groups in total. The highest BCUT2D eigenvalue weighted by Gasteiger charge is 2.35. The lowest BCUT2D eigenvalue weighted by atomic mass is 10.0. The molecule has 1 atom stereocenters. The lowest BCUT2D eigenvalue weighted by Gasteiger charge is -2.33. The van der Waals surface area contributed by atoms with E-state index in [0.29, 0.717) is 5.56 Å². The maximum atomic E-state index is 14.0. The van der Waals surface area contributed by atoms with Gasteiger partial charge in [-0.15, -0.1) is 5.10 Å². The normalized spacial score (nSPS) is 12.3. The number of aromatic nitrogens is 3. The van der Waals surface area contributed by atoms with Gasteiger partial charge in [0, 0.05) is 29.0 Å². The molecule has 0 fully saturated rings. The molecule has 2 amide bonds. The number of halogens is 1. The van der Waals surface area contributed by atoms with E-state index in [0.717, 1.165) is 11.5 Å². The Morgan fingerprint density at radius 1 is 1.17 bits per heavy atom. The van der Waals surface area contributed by atoms with E-state index in [9.17, 15) is 14.0 Å². The minimum absolute atomic E-state index is 0.0712. The first-order valence-corrected chi connectivity index (χ1v) is 9.68. The first-order chi connectivity index (χ1) is 13.8. The van der Waals surface area contributed by atoms with E-state index in [2.05, 4.69) is 19.9 Å². The Hall–Kier alpha value is -3.20. The third-order valence-electron chi connectivity index (χ3n) is 3.91. The molecule has 29 heavy (non-hydrogen) atoms. The summed E-state index contributed by atoms with van der Waals surface area (Å²) in [5.74, 6) is -1.50. The molecular weight excluding hydrogens is 393 g/mol. The van der Waals surface area contributed by atoms with E-state index in [-0.39, 0.29) is 11.4 Å². The van der Waals surface area contributed by atoms with E-state index < -0.39 is 29.2 Å². The quantitative estimate of drug-likeness (QED) is 0.693. The van der Waals surface area contributed by atoms with Crippen LogP contribution in [0.2, 0.25) is 0 Å². The third kappa shape index (κ3) is 5.00. The fraction of sp³-hybridized carbons (Fsp3) is 0.250. The summed E-state index contributed by atoms with van der Waals surface area (Å²) in [4.78, 5) is 31.8. The van der Waals surface area contributed by atoms with Crippen LogP contribution in [0.4, 0.5) is 10.1 Å². The van der Waals surface area contributed by atoms with Gasteiger partial charge in [0.25, 0.3) is 5.91 Å². The monoisotopic (exact) mass is 413 g/mol. The number of rotatable bonds is 5. The Balaban J connectivity index is 2.16. The van der Waals surface area contributed by atoms with Crippen molar-refractivity contribution in [3.8, 4) is 0 Å². The topological polar surface area (TPSA) is 88.1 Å². The molecule has 0 saturated heterocycles. The van der Waals surface area contributed by atoms with Gasteiger partial charge in [-0.25, -0.2) is 4.39 Å². The molecule has 0 radical (unpaired) electrons. The van der Waals surface area contributed by atoms with Gasteiger partial charge in [0.2, 0.25) is 5.91 Å². The van der Waals surface area contributed by atoms with Crippen molar-refractivity contribution in [2.75, 3.05) is 4.90 Å². The van der Waals surface area contributed by atoms with Crippen LogP contribution in [0.3, 0.4) is 0 Å². The summed E-state index contributed by atoms with van der Waals surface area (Å²) in [6.07, 6.45) is 3.07. The summed E-state index contributed by atoms with van der Waals surface area (Å²) >= 11 is 1.02. The van der Waals surface area contributed by atoms with Gasteiger partial charge in [-0.2, -0.15) is 0 Å².